The smallest absolute Gasteiger partial charge is 0.386 e. The van der Waals surface area contributed by atoms with E-state index >= 15 is 0 Å². The van der Waals surface area contributed by atoms with Gasteiger partial charge in [0.2, 0.25) is 5.95 Å². The van der Waals surface area contributed by atoms with Crippen molar-refractivity contribution in [1.29, 1.82) is 0 Å². The average Bonchev–Trinajstić information content (AvgIpc) is 3.76. The van der Waals surface area contributed by atoms with Crippen LogP contribution in [0.2, 0.25) is 0 Å². The first-order valence-corrected chi connectivity index (χ1v) is 17.9. The Morgan fingerprint density at radius 1 is 1.00 bits per heavy atom. The largest absolute Gasteiger partial charge is 0.472 e. The Morgan fingerprint density at radius 2 is 1.74 bits per heavy atom. The fourth-order valence-corrected chi connectivity index (χ4v) is 7.94. The molecule has 2 bridgehead atoms. The van der Waals surface area contributed by atoms with Crippen molar-refractivity contribution in [3.8, 4) is 0 Å². The normalized spacial score (nSPS) is 37.2. The van der Waals surface area contributed by atoms with Crippen molar-refractivity contribution in [3.05, 3.63) is 35.3 Å². The number of pyridine rings is 1. The van der Waals surface area contributed by atoms with Gasteiger partial charge in [-0.15, -0.1) is 11.8 Å². The van der Waals surface area contributed by atoms with Gasteiger partial charge in [-0.3, -0.25) is 37.0 Å². The lowest BCUT2D eigenvalue weighted by atomic mass is 10.1. The van der Waals surface area contributed by atoms with E-state index < -0.39 is 83.2 Å². The Hall–Kier alpha value is -2.82. The molecule has 4 unspecified atom stereocenters. The summed E-state index contributed by atoms with van der Waals surface area (Å²) in [4.78, 5) is 53.4. The molecule has 248 valence electrons. The molecule has 3 saturated heterocycles. The summed E-state index contributed by atoms with van der Waals surface area (Å²) in [7, 11) is -9.88. The highest BCUT2D eigenvalue weighted by atomic mass is 32.2. The van der Waals surface area contributed by atoms with Crippen LogP contribution in [0.3, 0.4) is 0 Å². The van der Waals surface area contributed by atoms with Crippen LogP contribution >= 0.6 is 27.2 Å². The van der Waals surface area contributed by atoms with E-state index in [2.05, 4.69) is 24.9 Å². The molecule has 0 radical (unpaired) electrons. The maximum Gasteiger partial charge on any atom is 0.472 e. The number of phosphoric acid groups is 1. The predicted molar refractivity (Wildman–Crippen MR) is 153 cm³/mol. The van der Waals surface area contributed by atoms with E-state index in [1.54, 1.807) is 6.07 Å². The first-order valence-electron chi connectivity index (χ1n) is 13.4. The number of anilines is 1. The number of ether oxygens (including phenoxy) is 3. The summed E-state index contributed by atoms with van der Waals surface area (Å²) in [5.74, 6) is -0.282. The van der Waals surface area contributed by atoms with Crippen molar-refractivity contribution in [2.45, 2.75) is 54.2 Å². The van der Waals surface area contributed by atoms with Crippen LogP contribution in [0.4, 0.5) is 5.95 Å². The summed E-state index contributed by atoms with van der Waals surface area (Å²) in [5.41, 5.74) is 5.50. The zero-order chi connectivity index (χ0) is 32.5. The van der Waals surface area contributed by atoms with E-state index in [1.807, 2.05) is 6.26 Å². The number of aromatic nitrogens is 7. The Kier molecular flexibility index (Phi) is 8.08. The van der Waals surface area contributed by atoms with E-state index in [4.69, 9.17) is 33.5 Å². The number of hydrogen-bond acceptors (Lipinski definition) is 17. The third-order valence-corrected chi connectivity index (χ3v) is 10.3. The van der Waals surface area contributed by atoms with Crippen molar-refractivity contribution < 1.29 is 56.9 Å². The predicted octanol–water partition coefficient (Wildman–Crippen LogP) is -0.597. The number of aliphatic hydroxyl groups is 2. The monoisotopic (exact) mass is 704 g/mol. The minimum atomic E-state index is -5.11. The van der Waals surface area contributed by atoms with Crippen LogP contribution in [-0.2, 0) is 36.9 Å². The molecule has 3 fully saturated rings. The van der Waals surface area contributed by atoms with Crippen LogP contribution < -0.4 is 11.3 Å². The Bertz CT molecular complexity index is 1960. The molecule has 3 aliphatic rings. The van der Waals surface area contributed by atoms with E-state index in [-0.39, 0.29) is 17.1 Å². The van der Waals surface area contributed by atoms with E-state index in [1.165, 1.54) is 28.9 Å². The fraction of sp³-hybridized carbons (Fsp3) is 0.500. The summed E-state index contributed by atoms with van der Waals surface area (Å²) in [6, 6.07) is 1.75. The fourth-order valence-electron chi connectivity index (χ4n) is 5.44. The molecule has 10 atom stereocenters. The van der Waals surface area contributed by atoms with Gasteiger partial charge in [-0.05, 0) is 12.3 Å². The van der Waals surface area contributed by atoms with Crippen LogP contribution in [0.5, 0.6) is 0 Å². The third-order valence-electron chi connectivity index (χ3n) is 7.47. The number of imidazole rings is 2. The molecule has 0 aliphatic carbocycles. The number of aromatic amines is 1. The zero-order valence-electron chi connectivity index (χ0n) is 23.4. The number of hydrogen-bond donors (Lipinski definition) is 6. The molecular formula is C22H26N8O13P2S. The topological polar surface area (TPSA) is 291 Å². The van der Waals surface area contributed by atoms with Gasteiger partial charge in [0, 0.05) is 11.1 Å². The van der Waals surface area contributed by atoms with Crippen LogP contribution in [0.15, 0.2) is 34.6 Å². The average molecular weight is 705 g/mol. The lowest BCUT2D eigenvalue weighted by Crippen LogP contribution is -2.36. The Labute approximate surface area is 260 Å². The molecule has 3 aliphatic heterocycles. The number of nitrogens with zero attached hydrogens (tertiary/aromatic N) is 6. The number of fused-ring (bicyclic) bond motifs is 5. The van der Waals surface area contributed by atoms with E-state index in [9.17, 15) is 33.9 Å². The Morgan fingerprint density at radius 3 is 2.50 bits per heavy atom. The summed E-state index contributed by atoms with van der Waals surface area (Å²) < 4.78 is 61.9. The zero-order valence-corrected chi connectivity index (χ0v) is 26.0. The number of nitrogens with one attached hydrogen (secondary N) is 1. The molecule has 4 aromatic rings. The van der Waals surface area contributed by atoms with Gasteiger partial charge in [-0.25, -0.2) is 19.5 Å². The van der Waals surface area contributed by atoms with Gasteiger partial charge in [-0.1, -0.05) is 0 Å². The molecule has 4 aromatic heterocycles. The number of aliphatic hydroxyl groups excluding tert-OH is 2. The summed E-state index contributed by atoms with van der Waals surface area (Å²) >= 11 is 1.42. The van der Waals surface area contributed by atoms with Gasteiger partial charge in [0.25, 0.3) is 5.56 Å². The molecule has 21 nitrogen and oxygen atoms in total. The third kappa shape index (κ3) is 5.58. The lowest BCUT2D eigenvalue weighted by Gasteiger charge is -2.25. The number of nitrogen functional groups attached to an aromatic ring is 1. The van der Waals surface area contributed by atoms with Gasteiger partial charge >= 0.3 is 15.4 Å². The van der Waals surface area contributed by atoms with Gasteiger partial charge in [-0.2, -0.15) is 4.98 Å². The SMILES string of the molecule is CSc1ccnc2c1ncn2[C@@H]1O[C@@H]2COP(=O)(O)OC3[C@@H](O)[C@@H](OCP(=O)(O)O[C@@H]2C1O)O[C@H]3n1cnc2c(=O)[nH]c(N)nc21. The number of thioether (sulfide) groups is 1. The maximum atomic E-state index is 13.2. The highest BCUT2D eigenvalue weighted by molar-refractivity contribution is 7.98. The standard InChI is InChI=1S/C22H26N8O13P2S/c1-46-9-2-3-24-16-10(9)25-5-29(16)19-12(31)14-8(40-19)4-39-45(36,37)43-15-13(32)21(38-7-44(34,35)42-14)41-20(15)30-6-26-11-17(30)27-22(23)28-18(11)33/h2-3,5-6,8,12-15,19-21,31-32H,4,7H2,1H3,(H,34,35)(H,36,37)(H3,23,27,28,33)/t8-,12?,13-,14+,15?,19-,20-,21+/m1/s1. The van der Waals surface area contributed by atoms with E-state index in [0.29, 0.717) is 11.2 Å². The quantitative estimate of drug-likeness (QED) is 0.115. The maximum absolute atomic E-state index is 13.2. The van der Waals surface area contributed by atoms with Gasteiger partial charge in [0.05, 0.1) is 19.3 Å². The highest BCUT2D eigenvalue weighted by Crippen LogP contribution is 2.53. The minimum Gasteiger partial charge on any atom is -0.386 e. The summed E-state index contributed by atoms with van der Waals surface area (Å²) in [6.45, 7) is -0.789. The van der Waals surface area contributed by atoms with Gasteiger partial charge in [0.1, 0.15) is 36.0 Å². The van der Waals surface area contributed by atoms with Crippen LogP contribution in [0.1, 0.15) is 12.5 Å². The Balaban J connectivity index is 1.20. The second-order valence-corrected chi connectivity index (χ2v) is 14.4. The summed E-state index contributed by atoms with van der Waals surface area (Å²) in [6.07, 6.45) is -7.99. The number of H-pyrrole nitrogens is 1. The molecule has 7 rings (SSSR count). The summed E-state index contributed by atoms with van der Waals surface area (Å²) in [5, 5.41) is 22.2. The first-order chi connectivity index (χ1) is 21.9. The molecule has 24 heteroatoms. The van der Waals surface area contributed by atoms with Crippen LogP contribution in [0, 0.1) is 0 Å². The van der Waals surface area contributed by atoms with Crippen molar-refractivity contribution in [2.24, 2.45) is 0 Å². The van der Waals surface area contributed by atoms with E-state index in [0.717, 1.165) is 15.8 Å². The first kappa shape index (κ1) is 31.8. The number of nitrogens with two attached hydrogens (primary N) is 1. The van der Waals surface area contributed by atoms with Crippen LogP contribution in [0.25, 0.3) is 22.3 Å². The minimum absolute atomic E-state index is 0.132. The number of phosphoric ester groups is 1. The van der Waals surface area contributed by atoms with Crippen molar-refractivity contribution in [2.75, 3.05) is 24.9 Å². The molecule has 7 heterocycles. The molecular weight excluding hydrogens is 678 g/mol. The van der Waals surface area contributed by atoms with Crippen molar-refractivity contribution in [3.63, 3.8) is 0 Å². The lowest BCUT2D eigenvalue weighted by molar-refractivity contribution is -0.168. The molecule has 0 spiro atoms. The molecule has 0 amide bonds. The van der Waals surface area contributed by atoms with Crippen LogP contribution in [-0.4, -0.2) is 110 Å². The molecule has 7 N–H and O–H groups in total. The molecule has 46 heavy (non-hydrogen) atoms. The van der Waals surface area contributed by atoms with Crippen molar-refractivity contribution >= 4 is 55.5 Å². The van der Waals surface area contributed by atoms with Crippen molar-refractivity contribution in [1.82, 2.24) is 34.1 Å². The molecule has 0 aromatic carbocycles. The molecule has 0 saturated carbocycles. The van der Waals surface area contributed by atoms with Gasteiger partial charge in [0.15, 0.2) is 41.9 Å². The van der Waals surface area contributed by atoms with Gasteiger partial charge < -0.3 is 39.9 Å². The highest BCUT2D eigenvalue weighted by Gasteiger charge is 2.54. The second kappa shape index (κ2) is 11.7. The number of rotatable bonds is 3. The second-order valence-electron chi connectivity index (χ2n) is 10.4.